The molecule has 0 aliphatic carbocycles. The lowest BCUT2D eigenvalue weighted by atomic mass is 10.1. The van der Waals surface area contributed by atoms with Gasteiger partial charge in [0.25, 0.3) is 5.69 Å². The van der Waals surface area contributed by atoms with Crippen molar-refractivity contribution in [3.05, 3.63) is 63.7 Å². The number of non-ortho nitro benzene ring substituents is 1. The van der Waals surface area contributed by atoms with E-state index in [1.54, 1.807) is 12.1 Å². The van der Waals surface area contributed by atoms with Gasteiger partial charge < -0.3 is 5.32 Å². The smallest absolute Gasteiger partial charge is 0.269 e. The third-order valence-corrected chi connectivity index (χ3v) is 2.83. The molecular weight excluding hydrogens is 228 g/mol. The third kappa shape index (κ3) is 2.48. The fraction of sp³-hybridized carbons (Fsp3) is 0.143. The van der Waals surface area contributed by atoms with Crippen molar-refractivity contribution in [3.8, 4) is 0 Å². The van der Waals surface area contributed by atoms with E-state index in [2.05, 4.69) is 5.32 Å². The summed E-state index contributed by atoms with van der Waals surface area (Å²) in [4.78, 5) is 10.2. The first-order valence-electron chi connectivity index (χ1n) is 5.65. The van der Waals surface area contributed by atoms with E-state index >= 15 is 0 Å². The topological polar surface area (TPSA) is 55.2 Å². The molecule has 2 aromatic carbocycles. The molecule has 0 bridgehead atoms. The summed E-state index contributed by atoms with van der Waals surface area (Å²) in [5, 5.41) is 13.8. The number of anilines is 2. The molecule has 2 aromatic rings. The molecule has 0 saturated heterocycles. The largest absolute Gasteiger partial charge is 0.355 e. The Morgan fingerprint density at radius 3 is 2.06 bits per heavy atom. The van der Waals surface area contributed by atoms with Crippen molar-refractivity contribution in [1.29, 1.82) is 0 Å². The van der Waals surface area contributed by atoms with Gasteiger partial charge in [-0.05, 0) is 37.1 Å². The van der Waals surface area contributed by atoms with Gasteiger partial charge in [0.15, 0.2) is 0 Å². The van der Waals surface area contributed by atoms with Gasteiger partial charge >= 0.3 is 0 Å². The van der Waals surface area contributed by atoms with Gasteiger partial charge in [-0.1, -0.05) is 18.2 Å². The first-order chi connectivity index (χ1) is 8.58. The van der Waals surface area contributed by atoms with Crippen molar-refractivity contribution >= 4 is 17.1 Å². The Bertz CT molecular complexity index is 557. The summed E-state index contributed by atoms with van der Waals surface area (Å²) in [5.74, 6) is 0. The number of nitrogens with zero attached hydrogens (tertiary/aromatic N) is 1. The molecule has 0 radical (unpaired) electrons. The van der Waals surface area contributed by atoms with Gasteiger partial charge in [-0.2, -0.15) is 0 Å². The molecule has 0 spiro atoms. The molecule has 0 saturated carbocycles. The summed E-state index contributed by atoms with van der Waals surface area (Å²) < 4.78 is 0. The summed E-state index contributed by atoms with van der Waals surface area (Å²) in [6.07, 6.45) is 0. The zero-order valence-electron chi connectivity index (χ0n) is 10.3. The van der Waals surface area contributed by atoms with Crippen LogP contribution < -0.4 is 5.32 Å². The quantitative estimate of drug-likeness (QED) is 0.654. The number of hydrogen-bond acceptors (Lipinski definition) is 3. The van der Waals surface area contributed by atoms with Crippen LogP contribution in [0.25, 0.3) is 0 Å². The van der Waals surface area contributed by atoms with Crippen LogP contribution in [0.15, 0.2) is 42.5 Å². The maximum atomic E-state index is 10.6. The molecule has 0 fully saturated rings. The highest BCUT2D eigenvalue weighted by Gasteiger charge is 2.06. The van der Waals surface area contributed by atoms with Crippen LogP contribution in [0.4, 0.5) is 17.1 Å². The molecule has 4 heteroatoms. The van der Waals surface area contributed by atoms with Crippen molar-refractivity contribution in [1.82, 2.24) is 0 Å². The highest BCUT2D eigenvalue weighted by atomic mass is 16.6. The van der Waals surface area contributed by atoms with Gasteiger partial charge in [0.05, 0.1) is 4.92 Å². The van der Waals surface area contributed by atoms with Crippen molar-refractivity contribution < 1.29 is 4.92 Å². The zero-order valence-corrected chi connectivity index (χ0v) is 10.3. The van der Waals surface area contributed by atoms with Crippen molar-refractivity contribution in [2.75, 3.05) is 5.32 Å². The number of aryl methyl sites for hydroxylation is 2. The molecule has 2 rings (SSSR count). The zero-order chi connectivity index (χ0) is 13.1. The summed E-state index contributed by atoms with van der Waals surface area (Å²) in [5.41, 5.74) is 4.29. The van der Waals surface area contributed by atoms with Crippen LogP contribution in [0.5, 0.6) is 0 Å². The monoisotopic (exact) mass is 242 g/mol. The Kier molecular flexibility index (Phi) is 3.28. The fourth-order valence-electron chi connectivity index (χ4n) is 1.82. The van der Waals surface area contributed by atoms with Gasteiger partial charge in [0.1, 0.15) is 0 Å². The van der Waals surface area contributed by atoms with Crippen molar-refractivity contribution in [3.63, 3.8) is 0 Å². The lowest BCUT2D eigenvalue weighted by Gasteiger charge is -2.12. The molecule has 0 aliphatic rings. The van der Waals surface area contributed by atoms with Crippen LogP contribution in [-0.2, 0) is 0 Å². The second-order valence-corrected chi connectivity index (χ2v) is 4.20. The van der Waals surface area contributed by atoms with E-state index in [0.717, 1.165) is 22.5 Å². The normalized spacial score (nSPS) is 10.1. The van der Waals surface area contributed by atoms with Gasteiger partial charge in [0, 0.05) is 23.5 Å². The number of nitro groups is 1. The van der Waals surface area contributed by atoms with Crippen LogP contribution in [0.2, 0.25) is 0 Å². The second-order valence-electron chi connectivity index (χ2n) is 4.20. The van der Waals surface area contributed by atoms with Gasteiger partial charge in [0.2, 0.25) is 0 Å². The SMILES string of the molecule is Cc1cccc(C)c1Nc1ccc([N+](=O)[O-])cc1. The minimum Gasteiger partial charge on any atom is -0.355 e. The molecule has 0 aromatic heterocycles. The predicted octanol–water partition coefficient (Wildman–Crippen LogP) is 3.96. The summed E-state index contributed by atoms with van der Waals surface area (Å²) in [6, 6.07) is 12.5. The van der Waals surface area contributed by atoms with E-state index in [9.17, 15) is 10.1 Å². The number of nitrogens with one attached hydrogen (secondary N) is 1. The van der Waals surface area contributed by atoms with Crippen LogP contribution in [0.1, 0.15) is 11.1 Å². The van der Waals surface area contributed by atoms with Gasteiger partial charge in [-0.25, -0.2) is 0 Å². The number of para-hydroxylation sites is 1. The maximum absolute atomic E-state index is 10.6. The predicted molar refractivity (Wildman–Crippen MR) is 72.3 cm³/mol. The molecule has 0 unspecified atom stereocenters. The number of hydrogen-bond donors (Lipinski definition) is 1. The first kappa shape index (κ1) is 12.1. The minimum atomic E-state index is -0.400. The summed E-state index contributed by atoms with van der Waals surface area (Å²) in [7, 11) is 0. The average molecular weight is 242 g/mol. The minimum absolute atomic E-state index is 0.0991. The second kappa shape index (κ2) is 4.87. The van der Waals surface area contributed by atoms with E-state index < -0.39 is 4.92 Å². The van der Waals surface area contributed by atoms with Crippen molar-refractivity contribution in [2.24, 2.45) is 0 Å². The van der Waals surface area contributed by atoms with Crippen molar-refractivity contribution in [2.45, 2.75) is 13.8 Å². The molecule has 0 heterocycles. The number of nitro benzene ring substituents is 1. The Morgan fingerprint density at radius 2 is 1.56 bits per heavy atom. The Morgan fingerprint density at radius 1 is 1.00 bits per heavy atom. The highest BCUT2D eigenvalue weighted by Crippen LogP contribution is 2.25. The summed E-state index contributed by atoms with van der Waals surface area (Å²) in [6.45, 7) is 4.06. The van der Waals surface area contributed by atoms with E-state index in [-0.39, 0.29) is 5.69 Å². The standard InChI is InChI=1S/C14H14N2O2/c1-10-4-3-5-11(2)14(10)15-12-6-8-13(9-7-12)16(17)18/h3-9,15H,1-2H3. The van der Waals surface area contributed by atoms with Gasteiger partial charge in [-0.15, -0.1) is 0 Å². The van der Waals surface area contributed by atoms with E-state index in [4.69, 9.17) is 0 Å². The molecule has 4 nitrogen and oxygen atoms in total. The number of rotatable bonds is 3. The maximum Gasteiger partial charge on any atom is 0.269 e. The molecule has 18 heavy (non-hydrogen) atoms. The fourth-order valence-corrected chi connectivity index (χ4v) is 1.82. The Hall–Kier alpha value is -2.36. The van der Waals surface area contributed by atoms with Crippen LogP contribution >= 0.6 is 0 Å². The lowest BCUT2D eigenvalue weighted by molar-refractivity contribution is -0.384. The third-order valence-electron chi connectivity index (χ3n) is 2.83. The summed E-state index contributed by atoms with van der Waals surface area (Å²) >= 11 is 0. The van der Waals surface area contributed by atoms with Gasteiger partial charge in [-0.3, -0.25) is 10.1 Å². The molecular formula is C14H14N2O2. The molecule has 0 aliphatic heterocycles. The Balaban J connectivity index is 2.26. The molecule has 92 valence electrons. The van der Waals surface area contributed by atoms with Crippen LogP contribution in [0, 0.1) is 24.0 Å². The lowest BCUT2D eigenvalue weighted by Crippen LogP contribution is -1.96. The van der Waals surface area contributed by atoms with Crippen LogP contribution in [-0.4, -0.2) is 4.92 Å². The van der Waals surface area contributed by atoms with Crippen LogP contribution in [0.3, 0.4) is 0 Å². The van der Waals surface area contributed by atoms with E-state index in [1.165, 1.54) is 12.1 Å². The molecule has 0 atom stereocenters. The molecule has 1 N–H and O–H groups in total. The highest BCUT2D eigenvalue weighted by molar-refractivity contribution is 5.67. The van der Waals surface area contributed by atoms with E-state index in [0.29, 0.717) is 0 Å². The Labute approximate surface area is 105 Å². The first-order valence-corrected chi connectivity index (χ1v) is 5.65. The van der Waals surface area contributed by atoms with E-state index in [1.807, 2.05) is 32.0 Å². The number of benzene rings is 2. The molecule has 0 amide bonds. The average Bonchev–Trinajstić information content (AvgIpc) is 2.34.